The van der Waals surface area contributed by atoms with Crippen molar-refractivity contribution in [2.45, 2.75) is 62.7 Å². The molecular weight excluding hydrogens is 428 g/mol. The lowest BCUT2D eigenvalue weighted by atomic mass is 10.1. The van der Waals surface area contributed by atoms with Crippen LogP contribution in [0.3, 0.4) is 0 Å². The van der Waals surface area contributed by atoms with E-state index in [9.17, 15) is 29.4 Å². The average Bonchev–Trinajstić information content (AvgIpc) is 2.74. The molecule has 0 radical (unpaired) electrons. The normalized spacial score (nSPS) is 14.7. The summed E-state index contributed by atoms with van der Waals surface area (Å²) in [6.07, 6.45) is 2.63. The number of carbonyl (C=O) groups is 4. The number of hydrogen-bond donors (Lipinski definition) is 9. The van der Waals surface area contributed by atoms with E-state index in [0.29, 0.717) is 38.8 Å². The minimum absolute atomic E-state index is 0.0748. The third kappa shape index (κ3) is 11.9. The number of rotatable bonds is 17. The van der Waals surface area contributed by atoms with E-state index >= 15 is 0 Å². The molecule has 31 heavy (non-hydrogen) atoms. The Morgan fingerprint density at radius 2 is 1.23 bits per heavy atom. The highest BCUT2D eigenvalue weighted by atomic mass is 32.1. The van der Waals surface area contributed by atoms with Crippen LogP contribution in [-0.4, -0.2) is 83.5 Å². The highest BCUT2D eigenvalue weighted by molar-refractivity contribution is 7.80. The summed E-state index contributed by atoms with van der Waals surface area (Å²) in [5, 5.41) is 26.0. The minimum atomic E-state index is -1.39. The van der Waals surface area contributed by atoms with Crippen LogP contribution in [0.5, 0.6) is 0 Å². The fraction of sp³-hybridized carbons (Fsp3) is 0.778. The number of aliphatic hydroxyl groups excluding tert-OH is 1. The Kier molecular flexibility index (Phi) is 15.7. The summed E-state index contributed by atoms with van der Waals surface area (Å²) in [6, 6.07) is -4.50. The van der Waals surface area contributed by atoms with E-state index in [2.05, 4.69) is 28.6 Å². The Hall–Kier alpha value is -1.93. The Bertz CT molecular complexity index is 582. The summed E-state index contributed by atoms with van der Waals surface area (Å²) in [6.45, 7) is 0.0386. The summed E-state index contributed by atoms with van der Waals surface area (Å²) in [7, 11) is 0. The van der Waals surface area contributed by atoms with Gasteiger partial charge in [-0.2, -0.15) is 12.6 Å². The molecule has 0 aliphatic rings. The average molecular weight is 465 g/mol. The van der Waals surface area contributed by atoms with Crippen molar-refractivity contribution in [3.8, 4) is 0 Å². The smallest absolute Gasteiger partial charge is 0.326 e. The summed E-state index contributed by atoms with van der Waals surface area (Å²) < 4.78 is 0. The number of carboxylic acids is 1. The summed E-state index contributed by atoms with van der Waals surface area (Å²) in [5.74, 6) is -3.30. The van der Waals surface area contributed by atoms with Crippen molar-refractivity contribution >= 4 is 36.3 Å². The Balaban J connectivity index is 5.11. The topological polar surface area (TPSA) is 223 Å². The van der Waals surface area contributed by atoms with Gasteiger partial charge in [0.05, 0.1) is 12.6 Å². The number of nitrogens with one attached hydrogen (secondary N) is 3. The number of hydrogen-bond acceptors (Lipinski definition) is 9. The molecule has 12 nitrogen and oxygen atoms in total. The molecule has 0 aromatic heterocycles. The van der Waals surface area contributed by atoms with Gasteiger partial charge < -0.3 is 43.4 Å². The van der Waals surface area contributed by atoms with E-state index in [-0.39, 0.29) is 18.6 Å². The lowest BCUT2D eigenvalue weighted by Crippen LogP contribution is -2.58. The number of carbonyl (C=O) groups excluding carboxylic acids is 3. The fourth-order valence-corrected chi connectivity index (χ4v) is 2.78. The van der Waals surface area contributed by atoms with Crippen molar-refractivity contribution < 1.29 is 29.4 Å². The molecule has 0 fully saturated rings. The van der Waals surface area contributed by atoms with E-state index in [0.717, 1.165) is 0 Å². The van der Waals surface area contributed by atoms with Gasteiger partial charge in [0.2, 0.25) is 17.7 Å². The second kappa shape index (κ2) is 16.7. The molecule has 11 N–H and O–H groups in total. The van der Waals surface area contributed by atoms with Gasteiger partial charge in [-0.3, -0.25) is 14.4 Å². The molecular formula is C18H36N6O6S. The minimum Gasteiger partial charge on any atom is -0.480 e. The molecule has 0 spiro atoms. The zero-order valence-corrected chi connectivity index (χ0v) is 18.5. The van der Waals surface area contributed by atoms with E-state index in [1.165, 1.54) is 0 Å². The second-order valence-corrected chi connectivity index (χ2v) is 7.43. The van der Waals surface area contributed by atoms with Gasteiger partial charge in [0.15, 0.2) is 0 Å². The van der Waals surface area contributed by atoms with Crippen LogP contribution in [0.25, 0.3) is 0 Å². The molecule has 0 bridgehead atoms. The molecule has 13 heteroatoms. The maximum atomic E-state index is 12.6. The van der Waals surface area contributed by atoms with E-state index in [4.69, 9.17) is 17.2 Å². The van der Waals surface area contributed by atoms with Crippen molar-refractivity contribution in [1.82, 2.24) is 16.0 Å². The predicted molar refractivity (Wildman–Crippen MR) is 118 cm³/mol. The molecule has 0 saturated heterocycles. The van der Waals surface area contributed by atoms with Gasteiger partial charge in [-0.15, -0.1) is 0 Å². The Morgan fingerprint density at radius 3 is 1.68 bits per heavy atom. The van der Waals surface area contributed by atoms with Crippen molar-refractivity contribution in [1.29, 1.82) is 0 Å². The molecule has 0 aliphatic heterocycles. The molecule has 4 atom stereocenters. The van der Waals surface area contributed by atoms with Gasteiger partial charge in [0.1, 0.15) is 18.1 Å². The molecule has 0 rings (SSSR count). The van der Waals surface area contributed by atoms with Gasteiger partial charge in [-0.05, 0) is 51.6 Å². The number of carboxylic acid groups (broad SMARTS) is 1. The highest BCUT2D eigenvalue weighted by Crippen LogP contribution is 2.04. The second-order valence-electron chi connectivity index (χ2n) is 7.06. The van der Waals surface area contributed by atoms with Gasteiger partial charge in [0.25, 0.3) is 0 Å². The van der Waals surface area contributed by atoms with E-state index < -0.39 is 54.5 Å². The highest BCUT2D eigenvalue weighted by Gasteiger charge is 2.29. The van der Waals surface area contributed by atoms with Crippen LogP contribution < -0.4 is 33.2 Å². The zero-order chi connectivity index (χ0) is 23.8. The summed E-state index contributed by atoms with van der Waals surface area (Å²) in [5.41, 5.74) is 16.5. The number of nitrogens with two attached hydrogens (primary N) is 3. The van der Waals surface area contributed by atoms with Crippen LogP contribution in [0.4, 0.5) is 0 Å². The first-order chi connectivity index (χ1) is 14.7. The Labute approximate surface area is 187 Å². The van der Waals surface area contributed by atoms with Crippen LogP contribution in [-0.2, 0) is 19.2 Å². The first kappa shape index (κ1) is 29.1. The van der Waals surface area contributed by atoms with Gasteiger partial charge >= 0.3 is 5.97 Å². The lowest BCUT2D eigenvalue weighted by molar-refractivity contribution is -0.142. The summed E-state index contributed by atoms with van der Waals surface area (Å²) in [4.78, 5) is 48.5. The van der Waals surface area contributed by atoms with E-state index in [1.807, 2.05) is 0 Å². The first-order valence-corrected chi connectivity index (χ1v) is 10.9. The molecule has 0 aliphatic carbocycles. The standard InChI is InChI=1S/C18H36N6O6S/c19-7-3-1-5-12(22-15(26)11(21)10-31)16(27)24-14(9-25)17(28)23-13(18(29)30)6-2-4-8-20/h11-14,25,31H,1-10,19-21H2,(H,22,26)(H,23,28)(H,24,27)(H,29,30). The van der Waals surface area contributed by atoms with Crippen LogP contribution in [0.2, 0.25) is 0 Å². The van der Waals surface area contributed by atoms with Gasteiger partial charge in [0, 0.05) is 5.75 Å². The van der Waals surface area contributed by atoms with Crippen molar-refractivity contribution in [3.63, 3.8) is 0 Å². The molecule has 0 aromatic rings. The molecule has 3 amide bonds. The molecule has 4 unspecified atom stereocenters. The monoisotopic (exact) mass is 464 g/mol. The van der Waals surface area contributed by atoms with Crippen molar-refractivity contribution in [2.24, 2.45) is 17.2 Å². The van der Waals surface area contributed by atoms with Crippen LogP contribution in [0.1, 0.15) is 38.5 Å². The maximum Gasteiger partial charge on any atom is 0.326 e. The van der Waals surface area contributed by atoms with Crippen molar-refractivity contribution in [3.05, 3.63) is 0 Å². The maximum absolute atomic E-state index is 12.6. The third-order valence-electron chi connectivity index (χ3n) is 4.49. The quantitative estimate of drug-likeness (QED) is 0.0790. The zero-order valence-electron chi connectivity index (χ0n) is 17.6. The number of thiol groups is 1. The van der Waals surface area contributed by atoms with Crippen molar-refractivity contribution in [2.75, 3.05) is 25.4 Å². The largest absolute Gasteiger partial charge is 0.480 e. The van der Waals surface area contributed by atoms with Crippen LogP contribution in [0.15, 0.2) is 0 Å². The first-order valence-electron chi connectivity index (χ1n) is 10.2. The lowest BCUT2D eigenvalue weighted by Gasteiger charge is -2.24. The van der Waals surface area contributed by atoms with Crippen LogP contribution >= 0.6 is 12.6 Å². The third-order valence-corrected chi connectivity index (χ3v) is 4.88. The Morgan fingerprint density at radius 1 is 0.774 bits per heavy atom. The SMILES string of the molecule is NCCCCC(NC(=O)C(CO)NC(=O)C(CCCCN)NC(=O)C(N)CS)C(=O)O. The summed E-state index contributed by atoms with van der Waals surface area (Å²) >= 11 is 3.95. The van der Waals surface area contributed by atoms with Gasteiger partial charge in [-0.1, -0.05) is 0 Å². The number of aliphatic hydroxyl groups is 1. The molecule has 0 heterocycles. The van der Waals surface area contributed by atoms with Gasteiger partial charge in [-0.25, -0.2) is 4.79 Å². The number of unbranched alkanes of at least 4 members (excludes halogenated alkanes) is 2. The predicted octanol–water partition coefficient (Wildman–Crippen LogP) is -2.97. The number of aliphatic carboxylic acids is 1. The van der Waals surface area contributed by atoms with E-state index in [1.54, 1.807) is 0 Å². The molecule has 180 valence electrons. The number of amides is 3. The van der Waals surface area contributed by atoms with Crippen LogP contribution in [0, 0.1) is 0 Å². The molecule has 0 saturated carbocycles. The molecule has 0 aromatic carbocycles. The fourth-order valence-electron chi connectivity index (χ4n) is 2.61.